The highest BCUT2D eigenvalue weighted by Crippen LogP contribution is 2.24. The van der Waals surface area contributed by atoms with E-state index in [0.717, 1.165) is 8.99 Å². The monoisotopic (exact) mass is 309 g/mol. The second-order valence-electron chi connectivity index (χ2n) is 4.14. The molecule has 7 nitrogen and oxygen atoms in total. The third-order valence-electron chi connectivity index (χ3n) is 2.48. The zero-order valence-corrected chi connectivity index (χ0v) is 12.7. The van der Waals surface area contributed by atoms with Gasteiger partial charge >= 0.3 is 5.97 Å². The van der Waals surface area contributed by atoms with Crippen LogP contribution in [0.1, 0.15) is 13.8 Å². The van der Waals surface area contributed by atoms with Crippen molar-refractivity contribution in [2.45, 2.75) is 24.9 Å². The summed E-state index contributed by atoms with van der Waals surface area (Å²) >= 11 is 5.84. The summed E-state index contributed by atoms with van der Waals surface area (Å²) in [6.45, 7) is 2.94. The lowest BCUT2D eigenvalue weighted by Crippen LogP contribution is -2.41. The van der Waals surface area contributed by atoms with Crippen LogP contribution in [-0.2, 0) is 26.6 Å². The molecule has 1 rings (SSSR count). The molecule has 0 fully saturated rings. The van der Waals surface area contributed by atoms with Crippen LogP contribution in [0.3, 0.4) is 0 Å². The third kappa shape index (κ3) is 3.26. The fourth-order valence-corrected chi connectivity index (χ4v) is 3.73. The molecule has 0 aromatic carbocycles. The first-order valence-corrected chi connectivity index (χ1v) is 7.29. The van der Waals surface area contributed by atoms with E-state index in [0.29, 0.717) is 0 Å². The summed E-state index contributed by atoms with van der Waals surface area (Å²) in [7, 11) is -1.26. The number of halogens is 1. The number of sulfonamides is 1. The van der Waals surface area contributed by atoms with Crippen LogP contribution in [0.15, 0.2) is 11.2 Å². The van der Waals surface area contributed by atoms with Crippen molar-refractivity contribution in [2.75, 3.05) is 13.7 Å². The van der Waals surface area contributed by atoms with Gasteiger partial charge in [-0.15, -0.1) is 0 Å². The van der Waals surface area contributed by atoms with E-state index >= 15 is 0 Å². The van der Waals surface area contributed by atoms with E-state index in [1.165, 1.54) is 20.4 Å². The predicted molar refractivity (Wildman–Crippen MR) is 69.3 cm³/mol. The van der Waals surface area contributed by atoms with Crippen molar-refractivity contribution < 1.29 is 17.9 Å². The number of esters is 1. The molecule has 0 unspecified atom stereocenters. The largest absolute Gasteiger partial charge is 0.468 e. The summed E-state index contributed by atoms with van der Waals surface area (Å²) in [6, 6.07) is -0.421. The first kappa shape index (κ1) is 15.9. The Kier molecular flexibility index (Phi) is 4.94. The van der Waals surface area contributed by atoms with Crippen molar-refractivity contribution in [3.05, 3.63) is 11.2 Å². The molecule has 0 atom stereocenters. The number of hydrogen-bond donors (Lipinski definition) is 0. The molecular weight excluding hydrogens is 294 g/mol. The van der Waals surface area contributed by atoms with Gasteiger partial charge in [0.2, 0.25) is 0 Å². The van der Waals surface area contributed by atoms with Crippen LogP contribution in [0.25, 0.3) is 0 Å². The zero-order chi connectivity index (χ0) is 14.8. The van der Waals surface area contributed by atoms with Crippen molar-refractivity contribution in [1.82, 2.24) is 14.1 Å². The smallest absolute Gasteiger partial charge is 0.321 e. The highest BCUT2D eigenvalue weighted by molar-refractivity contribution is 7.89. The summed E-state index contributed by atoms with van der Waals surface area (Å²) in [5.41, 5.74) is 0. The lowest BCUT2D eigenvalue weighted by molar-refractivity contribution is -0.141. The molecule has 0 aliphatic heterocycles. The van der Waals surface area contributed by atoms with Crippen LogP contribution in [0.5, 0.6) is 0 Å². The van der Waals surface area contributed by atoms with E-state index in [1.807, 2.05) is 0 Å². The molecule has 0 bridgehead atoms. The molecule has 0 aliphatic carbocycles. The molecule has 0 N–H and O–H groups in total. The number of methoxy groups -OCH3 is 1. The molecule has 0 saturated heterocycles. The Bertz CT molecular complexity index is 548. The fourth-order valence-electron chi connectivity index (χ4n) is 1.54. The maximum atomic E-state index is 12.5. The summed E-state index contributed by atoms with van der Waals surface area (Å²) < 4.78 is 31.7. The maximum Gasteiger partial charge on any atom is 0.321 e. The Morgan fingerprint density at radius 1 is 1.58 bits per heavy atom. The number of rotatable bonds is 5. The lowest BCUT2D eigenvalue weighted by atomic mass is 10.4. The number of hydrogen-bond acceptors (Lipinski definition) is 5. The molecule has 9 heteroatoms. The second-order valence-corrected chi connectivity index (χ2v) is 6.35. The molecule has 1 heterocycles. The van der Waals surface area contributed by atoms with Gasteiger partial charge in [0.25, 0.3) is 10.0 Å². The van der Waals surface area contributed by atoms with Crippen LogP contribution in [-0.4, -0.2) is 48.2 Å². The summed E-state index contributed by atoms with van der Waals surface area (Å²) in [5.74, 6) is -0.643. The Labute approximate surface area is 117 Å². The van der Waals surface area contributed by atoms with Crippen LogP contribution in [0, 0.1) is 0 Å². The van der Waals surface area contributed by atoms with Gasteiger partial charge < -0.3 is 4.74 Å². The quantitative estimate of drug-likeness (QED) is 0.746. The summed E-state index contributed by atoms with van der Waals surface area (Å²) in [4.78, 5) is 11.3. The number of aryl methyl sites for hydroxylation is 1. The molecule has 0 amide bonds. The van der Waals surface area contributed by atoms with Crippen molar-refractivity contribution in [1.29, 1.82) is 0 Å². The predicted octanol–water partition coefficient (Wildman–Crippen LogP) is 0.646. The SMILES string of the molecule is COC(=O)CN(C(C)C)S(=O)(=O)c1c(Cl)cnn1C. The normalized spacial score (nSPS) is 12.2. The van der Waals surface area contributed by atoms with Crippen molar-refractivity contribution >= 4 is 27.6 Å². The molecular formula is C10H16ClN3O4S. The van der Waals surface area contributed by atoms with Gasteiger partial charge in [0.1, 0.15) is 6.54 Å². The van der Waals surface area contributed by atoms with Gasteiger partial charge in [-0.3, -0.25) is 9.48 Å². The van der Waals surface area contributed by atoms with Crippen LogP contribution in [0.4, 0.5) is 0 Å². The zero-order valence-electron chi connectivity index (χ0n) is 11.1. The highest BCUT2D eigenvalue weighted by Gasteiger charge is 2.33. The number of carbonyl (C=O) groups excluding carboxylic acids is 1. The molecule has 108 valence electrons. The van der Waals surface area contributed by atoms with Gasteiger partial charge in [-0.05, 0) is 13.8 Å². The molecule has 19 heavy (non-hydrogen) atoms. The number of aromatic nitrogens is 2. The summed E-state index contributed by atoms with van der Waals surface area (Å²) in [5, 5.41) is 3.65. The number of ether oxygens (including phenoxy) is 1. The van der Waals surface area contributed by atoms with Gasteiger partial charge in [0.05, 0.1) is 18.3 Å². The minimum Gasteiger partial charge on any atom is -0.468 e. The summed E-state index contributed by atoms with van der Waals surface area (Å²) in [6.07, 6.45) is 1.24. The Morgan fingerprint density at radius 2 is 2.16 bits per heavy atom. The van der Waals surface area contributed by atoms with Crippen molar-refractivity contribution in [2.24, 2.45) is 7.05 Å². The van der Waals surface area contributed by atoms with E-state index in [2.05, 4.69) is 9.84 Å². The molecule has 0 radical (unpaired) electrons. The maximum absolute atomic E-state index is 12.5. The van der Waals surface area contributed by atoms with E-state index in [9.17, 15) is 13.2 Å². The van der Waals surface area contributed by atoms with E-state index in [4.69, 9.17) is 11.6 Å². The first-order chi connectivity index (χ1) is 8.71. The van der Waals surface area contributed by atoms with Crippen LogP contribution in [0.2, 0.25) is 5.02 Å². The molecule has 0 spiro atoms. The van der Waals surface area contributed by atoms with Gasteiger partial charge in [0, 0.05) is 13.1 Å². The minimum atomic E-state index is -3.92. The second kappa shape index (κ2) is 5.89. The Balaban J connectivity index is 3.25. The highest BCUT2D eigenvalue weighted by atomic mass is 35.5. The van der Waals surface area contributed by atoms with Crippen molar-refractivity contribution in [3.8, 4) is 0 Å². The Hall–Kier alpha value is -1.12. The number of carbonyl (C=O) groups is 1. The molecule has 1 aromatic rings. The van der Waals surface area contributed by atoms with Gasteiger partial charge in [-0.1, -0.05) is 11.6 Å². The van der Waals surface area contributed by atoms with E-state index in [1.54, 1.807) is 13.8 Å². The Morgan fingerprint density at radius 3 is 2.53 bits per heavy atom. The molecule has 0 aliphatic rings. The first-order valence-electron chi connectivity index (χ1n) is 5.48. The van der Waals surface area contributed by atoms with Crippen molar-refractivity contribution in [3.63, 3.8) is 0 Å². The minimum absolute atomic E-state index is 0.0121. The standard InChI is InChI=1S/C10H16ClN3O4S/c1-7(2)14(6-9(15)18-4)19(16,17)10-8(11)5-12-13(10)3/h5,7H,6H2,1-4H3. The van der Waals surface area contributed by atoms with Gasteiger partial charge in [-0.2, -0.15) is 9.40 Å². The molecule has 1 aromatic heterocycles. The topological polar surface area (TPSA) is 81.5 Å². The van der Waals surface area contributed by atoms with Gasteiger partial charge in [0.15, 0.2) is 5.03 Å². The average Bonchev–Trinajstić information content (AvgIpc) is 2.65. The van der Waals surface area contributed by atoms with Gasteiger partial charge in [-0.25, -0.2) is 8.42 Å². The molecule has 0 saturated carbocycles. The average molecular weight is 310 g/mol. The van der Waals surface area contributed by atoms with Crippen LogP contribution >= 0.6 is 11.6 Å². The van der Waals surface area contributed by atoms with E-state index in [-0.39, 0.29) is 16.6 Å². The number of nitrogens with zero attached hydrogens (tertiary/aromatic N) is 3. The van der Waals surface area contributed by atoms with E-state index < -0.39 is 22.0 Å². The lowest BCUT2D eigenvalue weighted by Gasteiger charge is -2.24. The van der Waals surface area contributed by atoms with Crippen LogP contribution < -0.4 is 0 Å². The fraction of sp³-hybridized carbons (Fsp3) is 0.600. The third-order valence-corrected chi connectivity index (χ3v) is 5.01.